The Hall–Kier alpha value is -0.790. The molecular weight excluding hydrogens is 284 g/mol. The molecule has 96 valence electrons. The number of aryl methyl sites for hydroxylation is 1. The summed E-state index contributed by atoms with van der Waals surface area (Å²) in [6.45, 7) is 4.15. The number of nitrogens with two attached hydrogens (primary N) is 1. The second kappa shape index (κ2) is 5.07. The van der Waals surface area contributed by atoms with E-state index in [4.69, 9.17) is 5.73 Å². The maximum Gasteiger partial charge on any atom is 0.149 e. The van der Waals surface area contributed by atoms with Crippen LogP contribution in [0.25, 0.3) is 10.6 Å². The van der Waals surface area contributed by atoms with Gasteiger partial charge in [-0.3, -0.25) is 0 Å². The second-order valence-electron chi connectivity index (χ2n) is 4.14. The third-order valence-corrected chi connectivity index (χ3v) is 5.68. The first-order valence-corrected chi connectivity index (χ1v) is 8.57. The van der Waals surface area contributed by atoms with Crippen molar-refractivity contribution in [1.82, 2.24) is 9.36 Å². The molecule has 0 aliphatic carbocycles. The fraction of sp³-hybridized carbons (Fsp3) is 0.455. The van der Waals surface area contributed by atoms with Gasteiger partial charge in [-0.1, -0.05) is 0 Å². The van der Waals surface area contributed by atoms with Crippen molar-refractivity contribution < 1.29 is 0 Å². The van der Waals surface area contributed by atoms with Crippen LogP contribution in [-0.4, -0.2) is 34.0 Å². The van der Waals surface area contributed by atoms with Gasteiger partial charge in [0, 0.05) is 35.7 Å². The van der Waals surface area contributed by atoms with Crippen LogP contribution in [0.2, 0.25) is 0 Å². The average Bonchev–Trinajstić information content (AvgIpc) is 2.96. The average molecular weight is 298 g/mol. The van der Waals surface area contributed by atoms with Crippen LogP contribution in [0.4, 0.5) is 10.8 Å². The number of rotatable bonds is 2. The molecule has 1 saturated heterocycles. The minimum absolute atomic E-state index is 0.613. The fourth-order valence-corrected chi connectivity index (χ4v) is 4.63. The van der Waals surface area contributed by atoms with Gasteiger partial charge in [0.05, 0.1) is 5.56 Å². The zero-order valence-corrected chi connectivity index (χ0v) is 12.5. The van der Waals surface area contributed by atoms with E-state index >= 15 is 0 Å². The van der Waals surface area contributed by atoms with E-state index in [0.29, 0.717) is 5.82 Å². The molecule has 0 unspecified atom stereocenters. The Labute approximate surface area is 118 Å². The van der Waals surface area contributed by atoms with E-state index in [1.807, 2.05) is 18.7 Å². The summed E-state index contributed by atoms with van der Waals surface area (Å²) in [7, 11) is 0. The van der Waals surface area contributed by atoms with Crippen LogP contribution in [0.3, 0.4) is 0 Å². The molecule has 2 N–H and O–H groups in total. The molecule has 1 aliphatic rings. The van der Waals surface area contributed by atoms with Crippen LogP contribution in [0, 0.1) is 6.92 Å². The third-order valence-electron chi connectivity index (χ3n) is 2.83. The van der Waals surface area contributed by atoms with Crippen LogP contribution in [0.1, 0.15) is 5.69 Å². The van der Waals surface area contributed by atoms with Gasteiger partial charge in [0.2, 0.25) is 0 Å². The number of nitrogens with zero attached hydrogens (tertiary/aromatic N) is 3. The summed E-state index contributed by atoms with van der Waals surface area (Å²) >= 11 is 5.14. The van der Waals surface area contributed by atoms with E-state index in [1.54, 1.807) is 11.3 Å². The molecule has 0 radical (unpaired) electrons. The van der Waals surface area contributed by atoms with Gasteiger partial charge in [-0.15, -0.1) is 11.3 Å². The van der Waals surface area contributed by atoms with Crippen molar-refractivity contribution >= 4 is 45.5 Å². The van der Waals surface area contributed by atoms with E-state index < -0.39 is 0 Å². The lowest BCUT2D eigenvalue weighted by molar-refractivity contribution is 0.869. The van der Waals surface area contributed by atoms with Crippen molar-refractivity contribution in [3.05, 3.63) is 11.1 Å². The van der Waals surface area contributed by atoms with Gasteiger partial charge in [-0.2, -0.15) is 16.1 Å². The number of nitrogen functional groups attached to an aromatic ring is 1. The van der Waals surface area contributed by atoms with E-state index in [0.717, 1.165) is 29.4 Å². The molecular formula is C11H14N4S3. The molecule has 0 aromatic carbocycles. The number of aromatic nitrogens is 2. The van der Waals surface area contributed by atoms with Gasteiger partial charge < -0.3 is 10.6 Å². The Morgan fingerprint density at radius 2 is 2.11 bits per heavy atom. The van der Waals surface area contributed by atoms with Crippen LogP contribution < -0.4 is 10.6 Å². The molecule has 18 heavy (non-hydrogen) atoms. The normalized spacial score (nSPS) is 16.2. The molecule has 0 atom stereocenters. The van der Waals surface area contributed by atoms with Gasteiger partial charge >= 0.3 is 0 Å². The zero-order chi connectivity index (χ0) is 12.5. The Morgan fingerprint density at radius 1 is 1.33 bits per heavy atom. The van der Waals surface area contributed by atoms with Crippen molar-refractivity contribution in [3.8, 4) is 10.6 Å². The first kappa shape index (κ1) is 12.3. The SMILES string of the molecule is Cc1csc(-c2c(N)nsc2N2CCSCC2)n1. The third kappa shape index (κ3) is 2.22. The maximum absolute atomic E-state index is 6.02. The predicted octanol–water partition coefficient (Wildman–Crippen LogP) is 2.71. The van der Waals surface area contributed by atoms with Crippen molar-refractivity contribution in [1.29, 1.82) is 0 Å². The van der Waals surface area contributed by atoms with Crippen LogP contribution in [0.15, 0.2) is 5.38 Å². The second-order valence-corrected chi connectivity index (χ2v) is 6.98. The molecule has 3 heterocycles. The summed E-state index contributed by atoms with van der Waals surface area (Å²) in [5.41, 5.74) is 8.10. The lowest BCUT2D eigenvalue weighted by atomic mass is 10.3. The highest BCUT2D eigenvalue weighted by Crippen LogP contribution is 2.41. The first-order valence-electron chi connectivity index (χ1n) is 5.76. The summed E-state index contributed by atoms with van der Waals surface area (Å²) in [6.07, 6.45) is 0. The van der Waals surface area contributed by atoms with Crippen molar-refractivity contribution in [3.63, 3.8) is 0 Å². The first-order chi connectivity index (χ1) is 8.75. The minimum atomic E-state index is 0.613. The molecule has 0 amide bonds. The lowest BCUT2D eigenvalue weighted by Crippen LogP contribution is -2.32. The Morgan fingerprint density at radius 3 is 2.78 bits per heavy atom. The van der Waals surface area contributed by atoms with Crippen molar-refractivity contribution in [2.24, 2.45) is 0 Å². The van der Waals surface area contributed by atoms with Crippen molar-refractivity contribution in [2.45, 2.75) is 6.92 Å². The van der Waals surface area contributed by atoms with Gasteiger partial charge in [0.15, 0.2) is 0 Å². The Kier molecular flexibility index (Phi) is 3.45. The molecule has 1 aliphatic heterocycles. The fourth-order valence-electron chi connectivity index (χ4n) is 1.95. The van der Waals surface area contributed by atoms with Gasteiger partial charge in [-0.05, 0) is 18.5 Å². The minimum Gasteiger partial charge on any atom is -0.382 e. The molecule has 2 aromatic rings. The van der Waals surface area contributed by atoms with E-state index in [1.165, 1.54) is 28.0 Å². The number of thioether (sulfide) groups is 1. The molecule has 0 bridgehead atoms. The summed E-state index contributed by atoms with van der Waals surface area (Å²) in [5.74, 6) is 2.96. The number of anilines is 2. The molecule has 0 saturated carbocycles. The molecule has 1 fully saturated rings. The molecule has 0 spiro atoms. The molecule has 7 heteroatoms. The lowest BCUT2D eigenvalue weighted by Gasteiger charge is -2.27. The van der Waals surface area contributed by atoms with E-state index in [9.17, 15) is 0 Å². The summed E-state index contributed by atoms with van der Waals surface area (Å²) in [6, 6.07) is 0. The quantitative estimate of drug-likeness (QED) is 0.924. The van der Waals surface area contributed by atoms with Crippen LogP contribution in [-0.2, 0) is 0 Å². The summed E-state index contributed by atoms with van der Waals surface area (Å²) in [5, 5.41) is 4.23. The maximum atomic E-state index is 6.02. The highest BCUT2D eigenvalue weighted by molar-refractivity contribution is 7.99. The van der Waals surface area contributed by atoms with E-state index in [-0.39, 0.29) is 0 Å². The highest BCUT2D eigenvalue weighted by atomic mass is 32.2. The number of thiazole rings is 1. The largest absolute Gasteiger partial charge is 0.382 e. The molecule has 4 nitrogen and oxygen atoms in total. The number of hydrogen-bond acceptors (Lipinski definition) is 7. The standard InChI is InChI=1S/C11H14N4S3/c1-7-6-17-10(13-7)8-9(12)14-18-11(8)15-2-4-16-5-3-15/h6H,2-5H2,1H3,(H2,12,14). The van der Waals surface area contributed by atoms with E-state index in [2.05, 4.69) is 19.6 Å². The Bertz CT molecular complexity index is 542. The topological polar surface area (TPSA) is 55.0 Å². The monoisotopic (exact) mass is 298 g/mol. The zero-order valence-electron chi connectivity index (χ0n) is 10.0. The van der Waals surface area contributed by atoms with Crippen LogP contribution >= 0.6 is 34.6 Å². The van der Waals surface area contributed by atoms with Gasteiger partial charge in [0.25, 0.3) is 0 Å². The Balaban J connectivity index is 2.00. The predicted molar refractivity (Wildman–Crippen MR) is 81.9 cm³/mol. The van der Waals surface area contributed by atoms with Crippen LogP contribution in [0.5, 0.6) is 0 Å². The van der Waals surface area contributed by atoms with Crippen molar-refractivity contribution in [2.75, 3.05) is 35.2 Å². The van der Waals surface area contributed by atoms with Gasteiger partial charge in [0.1, 0.15) is 15.8 Å². The molecule has 2 aromatic heterocycles. The molecule has 3 rings (SSSR count). The highest BCUT2D eigenvalue weighted by Gasteiger charge is 2.22. The number of hydrogen-bond donors (Lipinski definition) is 1. The summed E-state index contributed by atoms with van der Waals surface area (Å²) in [4.78, 5) is 6.93. The van der Waals surface area contributed by atoms with Gasteiger partial charge in [-0.25, -0.2) is 4.98 Å². The smallest absolute Gasteiger partial charge is 0.149 e. The summed E-state index contributed by atoms with van der Waals surface area (Å²) < 4.78 is 4.32.